The fourth-order valence-electron chi connectivity index (χ4n) is 0.991. The number of halogens is 1. The number of nitrogen functional groups attached to an aromatic ring is 1. The Labute approximate surface area is 79.5 Å². The number of nitrogens with zero attached hydrogens (tertiary/aromatic N) is 1. The van der Waals surface area contributed by atoms with E-state index in [1.54, 1.807) is 0 Å². The van der Waals surface area contributed by atoms with E-state index in [0.717, 1.165) is 0 Å². The monoisotopic (exact) mass is 199 g/mol. The minimum absolute atomic E-state index is 0.136. The van der Waals surface area contributed by atoms with Crippen molar-refractivity contribution in [3.05, 3.63) is 23.8 Å². The Morgan fingerprint density at radius 1 is 1.71 bits per heavy atom. The number of aromatic nitrogens is 1. The van der Waals surface area contributed by atoms with Crippen LogP contribution >= 0.6 is 0 Å². The topological polar surface area (TPSA) is 102 Å². The van der Waals surface area contributed by atoms with Crippen LogP contribution in [0.3, 0.4) is 0 Å². The summed E-state index contributed by atoms with van der Waals surface area (Å²) in [5.74, 6) is -1.81. The van der Waals surface area contributed by atoms with Gasteiger partial charge in [-0.05, 0) is 11.6 Å². The van der Waals surface area contributed by atoms with Gasteiger partial charge in [-0.15, -0.1) is 0 Å². The van der Waals surface area contributed by atoms with E-state index in [1.165, 1.54) is 12.3 Å². The fourth-order valence-corrected chi connectivity index (χ4v) is 0.991. The van der Waals surface area contributed by atoms with E-state index in [0.29, 0.717) is 5.56 Å². The second kappa shape index (κ2) is 4.01. The van der Waals surface area contributed by atoms with Gasteiger partial charge in [0.15, 0.2) is 0 Å². The lowest BCUT2D eigenvalue weighted by atomic mass is 10.1. The van der Waals surface area contributed by atoms with Crippen LogP contribution in [-0.4, -0.2) is 16.1 Å². The van der Waals surface area contributed by atoms with Crippen molar-refractivity contribution in [1.82, 2.24) is 4.98 Å². The summed E-state index contributed by atoms with van der Waals surface area (Å²) in [4.78, 5) is 13.7. The first-order valence-electron chi connectivity index (χ1n) is 3.89. The van der Waals surface area contributed by atoms with Gasteiger partial charge < -0.3 is 16.6 Å². The molecule has 14 heavy (non-hydrogen) atoms. The summed E-state index contributed by atoms with van der Waals surface area (Å²) in [6.07, 6.45) is 0.937. The third-order valence-electron chi connectivity index (χ3n) is 1.71. The predicted octanol–water partition coefficient (Wildman–Crippen LogP) is 0.277. The third-order valence-corrected chi connectivity index (χ3v) is 1.71. The van der Waals surface area contributed by atoms with E-state index in [2.05, 4.69) is 4.98 Å². The van der Waals surface area contributed by atoms with Crippen LogP contribution in [0.1, 0.15) is 18.0 Å². The number of carbonyl (C=O) groups is 1. The Hall–Kier alpha value is -1.69. The highest BCUT2D eigenvalue weighted by atomic mass is 19.1. The van der Waals surface area contributed by atoms with E-state index in [4.69, 9.17) is 16.6 Å². The highest BCUT2D eigenvalue weighted by Crippen LogP contribution is 2.17. The van der Waals surface area contributed by atoms with E-state index in [-0.39, 0.29) is 12.1 Å². The number of aliphatic carboxylic acids is 1. The van der Waals surface area contributed by atoms with E-state index < -0.39 is 18.0 Å². The van der Waals surface area contributed by atoms with Gasteiger partial charge in [-0.1, -0.05) is 0 Å². The van der Waals surface area contributed by atoms with E-state index in [1.807, 2.05) is 0 Å². The Balaban J connectivity index is 2.85. The number of hydrogen-bond acceptors (Lipinski definition) is 4. The number of anilines is 1. The van der Waals surface area contributed by atoms with E-state index >= 15 is 0 Å². The van der Waals surface area contributed by atoms with Gasteiger partial charge in [-0.25, -0.2) is 4.98 Å². The zero-order valence-electron chi connectivity index (χ0n) is 7.27. The van der Waals surface area contributed by atoms with Crippen LogP contribution < -0.4 is 11.5 Å². The zero-order chi connectivity index (χ0) is 10.7. The molecule has 0 radical (unpaired) electrons. The molecule has 0 aliphatic heterocycles. The van der Waals surface area contributed by atoms with Crippen LogP contribution in [0.15, 0.2) is 12.3 Å². The molecule has 0 aromatic carbocycles. The van der Waals surface area contributed by atoms with Crippen molar-refractivity contribution in [3.8, 4) is 0 Å². The van der Waals surface area contributed by atoms with E-state index in [9.17, 15) is 9.18 Å². The van der Waals surface area contributed by atoms with Gasteiger partial charge in [-0.2, -0.15) is 4.39 Å². The third kappa shape index (κ3) is 2.40. The van der Waals surface area contributed by atoms with Gasteiger partial charge in [0.2, 0.25) is 5.95 Å². The van der Waals surface area contributed by atoms with Crippen LogP contribution in [0.4, 0.5) is 10.1 Å². The number of hydrogen-bond donors (Lipinski definition) is 3. The van der Waals surface area contributed by atoms with Crippen molar-refractivity contribution in [2.24, 2.45) is 5.73 Å². The quantitative estimate of drug-likeness (QED) is 0.606. The Kier molecular flexibility index (Phi) is 2.98. The molecule has 1 atom stereocenters. The van der Waals surface area contributed by atoms with Gasteiger partial charge >= 0.3 is 5.97 Å². The molecular weight excluding hydrogens is 189 g/mol. The summed E-state index contributed by atoms with van der Waals surface area (Å²) in [7, 11) is 0. The van der Waals surface area contributed by atoms with Crippen molar-refractivity contribution >= 4 is 11.7 Å². The average molecular weight is 199 g/mol. The fraction of sp³-hybridized carbons (Fsp3) is 0.250. The lowest BCUT2D eigenvalue weighted by molar-refractivity contribution is -0.137. The SMILES string of the molecule is Nc1cc(C(N)CC(=O)O)cnc1F. The van der Waals surface area contributed by atoms with Crippen molar-refractivity contribution in [2.45, 2.75) is 12.5 Å². The lowest BCUT2D eigenvalue weighted by Gasteiger charge is -2.09. The van der Waals surface area contributed by atoms with Crippen LogP contribution in [-0.2, 0) is 4.79 Å². The van der Waals surface area contributed by atoms with Gasteiger partial charge in [0.25, 0.3) is 0 Å². The standard InChI is InChI=1S/C8H10FN3O2/c9-8-6(11)1-4(3-12-8)5(10)2-7(13)14/h1,3,5H,2,10-11H2,(H,13,14). The average Bonchev–Trinajstić information content (AvgIpc) is 2.08. The largest absolute Gasteiger partial charge is 0.481 e. The normalized spacial score (nSPS) is 12.4. The summed E-state index contributed by atoms with van der Waals surface area (Å²) in [5, 5.41) is 8.46. The molecule has 5 N–H and O–H groups in total. The molecule has 0 fully saturated rings. The van der Waals surface area contributed by atoms with Crippen LogP contribution in [0.25, 0.3) is 0 Å². The molecule has 0 amide bonds. The minimum Gasteiger partial charge on any atom is -0.481 e. The molecule has 0 spiro atoms. The summed E-state index contributed by atoms with van der Waals surface area (Å²) in [6.45, 7) is 0. The second-order valence-corrected chi connectivity index (χ2v) is 2.85. The van der Waals surface area contributed by atoms with Crippen LogP contribution in [0.2, 0.25) is 0 Å². The first-order valence-corrected chi connectivity index (χ1v) is 3.89. The van der Waals surface area contributed by atoms with Crippen molar-refractivity contribution in [3.63, 3.8) is 0 Å². The molecular formula is C8H10FN3O2. The summed E-state index contributed by atoms with van der Waals surface area (Å²) in [5.41, 5.74) is 11.0. The molecule has 1 aromatic heterocycles. The summed E-state index contributed by atoms with van der Waals surface area (Å²) in [6, 6.07) is 0.568. The smallest absolute Gasteiger partial charge is 0.305 e. The molecule has 0 saturated heterocycles. The van der Waals surface area contributed by atoms with Crippen molar-refractivity contribution in [1.29, 1.82) is 0 Å². The Morgan fingerprint density at radius 2 is 2.36 bits per heavy atom. The number of pyridine rings is 1. The second-order valence-electron chi connectivity index (χ2n) is 2.85. The van der Waals surface area contributed by atoms with Crippen LogP contribution in [0, 0.1) is 5.95 Å². The zero-order valence-corrected chi connectivity index (χ0v) is 7.27. The highest BCUT2D eigenvalue weighted by molar-refractivity contribution is 5.68. The summed E-state index contributed by atoms with van der Waals surface area (Å²) >= 11 is 0. The molecule has 1 aromatic rings. The molecule has 0 aliphatic rings. The lowest BCUT2D eigenvalue weighted by Crippen LogP contribution is -2.15. The van der Waals surface area contributed by atoms with Gasteiger partial charge in [0.05, 0.1) is 12.1 Å². The van der Waals surface area contributed by atoms with Crippen molar-refractivity contribution < 1.29 is 14.3 Å². The number of carboxylic acids is 1. The predicted molar refractivity (Wildman–Crippen MR) is 47.8 cm³/mol. The number of rotatable bonds is 3. The maximum atomic E-state index is 12.6. The maximum absolute atomic E-state index is 12.6. The molecule has 6 heteroatoms. The van der Waals surface area contributed by atoms with Crippen molar-refractivity contribution in [2.75, 3.05) is 5.73 Å². The van der Waals surface area contributed by atoms with Gasteiger partial charge in [-0.3, -0.25) is 4.79 Å². The Bertz CT molecular complexity index is 356. The molecule has 0 saturated carbocycles. The van der Waals surface area contributed by atoms with Gasteiger partial charge in [0, 0.05) is 12.2 Å². The highest BCUT2D eigenvalue weighted by Gasteiger charge is 2.12. The molecule has 1 unspecified atom stereocenters. The first kappa shape index (κ1) is 10.4. The van der Waals surface area contributed by atoms with Crippen LogP contribution in [0.5, 0.6) is 0 Å². The molecule has 5 nitrogen and oxygen atoms in total. The molecule has 76 valence electrons. The maximum Gasteiger partial charge on any atom is 0.305 e. The van der Waals surface area contributed by atoms with Gasteiger partial charge in [0.1, 0.15) is 0 Å². The molecule has 1 heterocycles. The summed E-state index contributed by atoms with van der Waals surface area (Å²) < 4.78 is 12.6. The molecule has 1 rings (SSSR count). The number of nitrogens with two attached hydrogens (primary N) is 2. The minimum atomic E-state index is -1.03. The molecule has 0 bridgehead atoms. The first-order chi connectivity index (χ1) is 6.50. The Morgan fingerprint density at radius 3 is 2.86 bits per heavy atom. The molecule has 0 aliphatic carbocycles. The number of carboxylic acid groups (broad SMARTS) is 1.